The van der Waals surface area contributed by atoms with Crippen LogP contribution < -0.4 is 15.4 Å². The maximum atomic E-state index is 13.0. The van der Waals surface area contributed by atoms with E-state index in [9.17, 15) is 14.7 Å². The number of carbonyl (C=O) groups excluding carboxylic acids is 2. The predicted molar refractivity (Wildman–Crippen MR) is 128 cm³/mol. The van der Waals surface area contributed by atoms with Crippen LogP contribution in [0.1, 0.15) is 44.3 Å². The molecule has 8 heteroatoms. The zero-order chi connectivity index (χ0) is 24.1. The van der Waals surface area contributed by atoms with Crippen LogP contribution in [-0.2, 0) is 17.7 Å². The molecule has 2 heterocycles. The van der Waals surface area contributed by atoms with Gasteiger partial charge in [0.1, 0.15) is 5.75 Å². The largest absolute Gasteiger partial charge is 0.493 e. The van der Waals surface area contributed by atoms with Gasteiger partial charge >= 0.3 is 0 Å². The van der Waals surface area contributed by atoms with Crippen LogP contribution in [0, 0.1) is 6.92 Å². The summed E-state index contributed by atoms with van der Waals surface area (Å²) in [4.78, 5) is 27.8. The van der Waals surface area contributed by atoms with Crippen molar-refractivity contribution in [3.05, 3.63) is 64.2 Å². The van der Waals surface area contributed by atoms with Crippen molar-refractivity contribution < 1.29 is 24.2 Å². The van der Waals surface area contributed by atoms with E-state index in [1.54, 1.807) is 24.0 Å². The van der Waals surface area contributed by atoms with Crippen LogP contribution in [0.2, 0.25) is 0 Å². The van der Waals surface area contributed by atoms with Gasteiger partial charge in [0, 0.05) is 43.3 Å². The lowest BCUT2D eigenvalue weighted by Crippen LogP contribution is -2.49. The van der Waals surface area contributed by atoms with Crippen molar-refractivity contribution >= 4 is 11.8 Å². The number of aliphatic hydroxyl groups excluding tert-OH is 1. The first-order chi connectivity index (χ1) is 16.5. The number of morpholine rings is 1. The summed E-state index contributed by atoms with van der Waals surface area (Å²) in [7, 11) is 0. The van der Waals surface area contributed by atoms with Gasteiger partial charge in [0.2, 0.25) is 0 Å². The summed E-state index contributed by atoms with van der Waals surface area (Å²) < 4.78 is 11.1. The Morgan fingerprint density at radius 2 is 1.88 bits per heavy atom. The summed E-state index contributed by atoms with van der Waals surface area (Å²) in [5, 5.41) is 16.9. The van der Waals surface area contributed by atoms with Gasteiger partial charge in [-0.2, -0.15) is 0 Å². The molecular formula is C26H33N3O5. The molecule has 2 aliphatic heterocycles. The van der Waals surface area contributed by atoms with E-state index in [0.29, 0.717) is 68.3 Å². The van der Waals surface area contributed by atoms with Crippen molar-refractivity contribution in [2.75, 3.05) is 39.5 Å². The average molecular weight is 468 g/mol. The number of ether oxygens (including phenoxy) is 2. The Labute approximate surface area is 200 Å². The van der Waals surface area contributed by atoms with Crippen LogP contribution >= 0.6 is 0 Å². The minimum absolute atomic E-state index is 0.0900. The molecular weight excluding hydrogens is 434 g/mol. The van der Waals surface area contributed by atoms with Gasteiger partial charge in [-0.25, -0.2) is 0 Å². The molecule has 8 nitrogen and oxygen atoms in total. The second-order valence-corrected chi connectivity index (χ2v) is 8.69. The van der Waals surface area contributed by atoms with Crippen LogP contribution in [0.5, 0.6) is 5.75 Å². The minimum Gasteiger partial charge on any atom is -0.493 e. The van der Waals surface area contributed by atoms with E-state index in [0.717, 1.165) is 0 Å². The summed E-state index contributed by atoms with van der Waals surface area (Å²) >= 11 is 0. The average Bonchev–Trinajstić information content (AvgIpc) is 2.88. The van der Waals surface area contributed by atoms with Crippen LogP contribution in [0.15, 0.2) is 36.4 Å². The number of fused-ring (bicyclic) bond motifs is 1. The smallest absolute Gasteiger partial charge is 0.255 e. The number of carbonyl (C=O) groups is 2. The van der Waals surface area contributed by atoms with Crippen molar-refractivity contribution in [2.45, 2.75) is 39.0 Å². The molecule has 0 radical (unpaired) electrons. The van der Waals surface area contributed by atoms with Crippen molar-refractivity contribution in [1.82, 2.24) is 15.5 Å². The first-order valence-electron chi connectivity index (χ1n) is 11.9. The number of nitrogens with one attached hydrogen (secondary N) is 2. The molecule has 0 unspecified atom stereocenters. The molecule has 0 spiro atoms. The van der Waals surface area contributed by atoms with Crippen molar-refractivity contribution in [3.8, 4) is 5.75 Å². The number of hydrogen-bond acceptors (Lipinski definition) is 6. The molecule has 1 fully saturated rings. The fourth-order valence-electron chi connectivity index (χ4n) is 4.56. The fraction of sp³-hybridized carbons (Fsp3) is 0.462. The van der Waals surface area contributed by atoms with E-state index in [2.05, 4.69) is 22.8 Å². The molecule has 2 amide bonds. The summed E-state index contributed by atoms with van der Waals surface area (Å²) in [6.07, 6.45) is -0.0365. The molecule has 2 aromatic rings. The topological polar surface area (TPSA) is 100 Å². The molecule has 0 saturated carbocycles. The Balaban J connectivity index is 1.44. The summed E-state index contributed by atoms with van der Waals surface area (Å²) in [5.41, 5.74) is 3.96. The summed E-state index contributed by atoms with van der Waals surface area (Å²) in [5.74, 6) is -0.0294. The highest BCUT2D eigenvalue weighted by Gasteiger charge is 2.27. The van der Waals surface area contributed by atoms with Crippen molar-refractivity contribution in [3.63, 3.8) is 0 Å². The molecule has 0 aliphatic carbocycles. The Bertz CT molecular complexity index is 1040. The third-order valence-corrected chi connectivity index (χ3v) is 6.52. The molecule has 2 atom stereocenters. The zero-order valence-electron chi connectivity index (χ0n) is 19.8. The molecule has 182 valence electrons. The molecule has 0 bridgehead atoms. The Kier molecular flexibility index (Phi) is 7.82. The van der Waals surface area contributed by atoms with Gasteiger partial charge in [-0.1, -0.05) is 24.3 Å². The SMILES string of the molecule is CCOc1c(C(=O)NC[C@@H](O)[C@@H]2Cc3ccccc3CN2)ccc(C(=O)N2CCOCC2)c1C. The molecule has 1 saturated heterocycles. The number of amides is 2. The normalized spacial score (nSPS) is 18.7. The highest BCUT2D eigenvalue weighted by Crippen LogP contribution is 2.28. The lowest BCUT2D eigenvalue weighted by molar-refractivity contribution is 0.0302. The molecule has 3 N–H and O–H groups in total. The fourth-order valence-corrected chi connectivity index (χ4v) is 4.56. The standard InChI is InChI=1S/C26H33N3O5/c1-3-34-24-17(2)20(26(32)29-10-12-33-13-11-29)8-9-21(24)25(31)28-16-23(30)22-14-18-6-4-5-7-19(18)15-27-22/h4-9,22-23,27,30H,3,10-16H2,1-2H3,(H,28,31)/t22-,23+/m0/s1. The first kappa shape index (κ1) is 24.2. The maximum absolute atomic E-state index is 13.0. The summed E-state index contributed by atoms with van der Waals surface area (Å²) in [6, 6.07) is 11.3. The van der Waals surface area contributed by atoms with E-state index in [4.69, 9.17) is 9.47 Å². The van der Waals surface area contributed by atoms with Crippen LogP contribution in [0.4, 0.5) is 0 Å². The summed E-state index contributed by atoms with van der Waals surface area (Å²) in [6.45, 7) is 6.94. The first-order valence-corrected chi connectivity index (χ1v) is 11.9. The van der Waals surface area contributed by atoms with Gasteiger partial charge in [0.05, 0.1) is 31.5 Å². The third kappa shape index (κ3) is 5.24. The Morgan fingerprint density at radius 1 is 1.18 bits per heavy atom. The van der Waals surface area contributed by atoms with Crippen LogP contribution in [-0.4, -0.2) is 73.4 Å². The molecule has 2 aromatic carbocycles. The highest BCUT2D eigenvalue weighted by atomic mass is 16.5. The van der Waals surface area contributed by atoms with Gasteiger partial charge in [-0.3, -0.25) is 9.59 Å². The predicted octanol–water partition coefficient (Wildman–Crippen LogP) is 1.67. The van der Waals surface area contributed by atoms with Gasteiger partial charge in [0.25, 0.3) is 11.8 Å². The Morgan fingerprint density at radius 3 is 2.62 bits per heavy atom. The number of benzene rings is 2. The monoisotopic (exact) mass is 467 g/mol. The number of nitrogens with zero attached hydrogens (tertiary/aromatic N) is 1. The van der Waals surface area contributed by atoms with Gasteiger partial charge in [-0.15, -0.1) is 0 Å². The molecule has 4 rings (SSSR count). The molecule has 34 heavy (non-hydrogen) atoms. The minimum atomic E-state index is -0.740. The lowest BCUT2D eigenvalue weighted by Gasteiger charge is -2.30. The van der Waals surface area contributed by atoms with E-state index in [-0.39, 0.29) is 24.4 Å². The second kappa shape index (κ2) is 11.0. The number of aliphatic hydroxyl groups is 1. The van der Waals surface area contributed by atoms with Gasteiger partial charge in [0.15, 0.2) is 0 Å². The zero-order valence-corrected chi connectivity index (χ0v) is 19.8. The van der Waals surface area contributed by atoms with E-state index >= 15 is 0 Å². The van der Waals surface area contributed by atoms with E-state index < -0.39 is 6.10 Å². The van der Waals surface area contributed by atoms with E-state index in [1.165, 1.54) is 11.1 Å². The van der Waals surface area contributed by atoms with Crippen molar-refractivity contribution in [2.24, 2.45) is 0 Å². The van der Waals surface area contributed by atoms with Gasteiger partial charge < -0.3 is 30.1 Å². The quantitative estimate of drug-likeness (QED) is 0.573. The van der Waals surface area contributed by atoms with Crippen LogP contribution in [0.3, 0.4) is 0 Å². The van der Waals surface area contributed by atoms with Gasteiger partial charge in [-0.05, 0) is 43.5 Å². The molecule has 0 aromatic heterocycles. The Hall–Kier alpha value is -2.94. The van der Waals surface area contributed by atoms with E-state index in [1.807, 2.05) is 19.1 Å². The number of rotatable bonds is 7. The second-order valence-electron chi connectivity index (χ2n) is 8.69. The highest BCUT2D eigenvalue weighted by molar-refractivity contribution is 6.01. The number of hydrogen-bond donors (Lipinski definition) is 3. The molecule has 2 aliphatic rings. The maximum Gasteiger partial charge on any atom is 0.255 e. The van der Waals surface area contributed by atoms with Crippen LogP contribution in [0.25, 0.3) is 0 Å². The third-order valence-electron chi connectivity index (χ3n) is 6.52. The lowest BCUT2D eigenvalue weighted by atomic mass is 9.93. The van der Waals surface area contributed by atoms with Crippen molar-refractivity contribution in [1.29, 1.82) is 0 Å².